The van der Waals surface area contributed by atoms with Crippen LogP contribution in [-0.4, -0.2) is 35.3 Å². The Morgan fingerprint density at radius 1 is 1.19 bits per heavy atom. The van der Waals surface area contributed by atoms with Crippen molar-refractivity contribution >= 4 is 11.7 Å². The van der Waals surface area contributed by atoms with E-state index in [1.54, 1.807) is 11.0 Å². The molecule has 158 valence electrons. The molecule has 0 atom stereocenters. The molecule has 1 saturated heterocycles. The van der Waals surface area contributed by atoms with E-state index in [1.165, 1.54) is 5.57 Å². The summed E-state index contributed by atoms with van der Waals surface area (Å²) in [6.45, 7) is 6.80. The highest BCUT2D eigenvalue weighted by Gasteiger charge is 2.40. The molecule has 5 nitrogen and oxygen atoms in total. The van der Waals surface area contributed by atoms with Crippen LogP contribution in [0.4, 0.5) is 4.79 Å². The van der Waals surface area contributed by atoms with Crippen molar-refractivity contribution in [2.75, 3.05) is 13.1 Å². The van der Waals surface area contributed by atoms with Crippen LogP contribution >= 0.6 is 0 Å². The zero-order valence-electron chi connectivity index (χ0n) is 18.2. The van der Waals surface area contributed by atoms with Crippen molar-refractivity contribution in [3.63, 3.8) is 0 Å². The average molecular weight is 415 g/mol. The largest absolute Gasteiger partial charge is 0.482 e. The fraction of sp³-hybridized carbons (Fsp3) is 0.385. The van der Waals surface area contributed by atoms with Gasteiger partial charge in [0.1, 0.15) is 28.6 Å². The van der Waals surface area contributed by atoms with Crippen LogP contribution < -0.4 is 4.74 Å². The predicted octanol–water partition coefficient (Wildman–Crippen LogP) is 4.95. The summed E-state index contributed by atoms with van der Waals surface area (Å²) in [7, 11) is 0. The standard InChI is InChI=1S/C26H26N2O3/c1-25(2,3)31-24(29)28-14-12-26(13-15-28)17-21(22-6-4-5-7-23(22)30-26)16-19-8-10-20(18-27)11-9-19/h4-8,10,17H,12-16H2,1-3H3. The van der Waals surface area contributed by atoms with E-state index in [9.17, 15) is 4.79 Å². The van der Waals surface area contributed by atoms with Crippen molar-refractivity contribution in [2.45, 2.75) is 51.2 Å². The molecule has 0 saturated carbocycles. The van der Waals surface area contributed by atoms with E-state index in [0.717, 1.165) is 16.9 Å². The van der Waals surface area contributed by atoms with Gasteiger partial charge in [-0.05, 0) is 50.6 Å². The zero-order valence-corrected chi connectivity index (χ0v) is 18.2. The number of ether oxygens (including phenoxy) is 2. The van der Waals surface area contributed by atoms with E-state index in [1.807, 2.05) is 45.0 Å². The van der Waals surface area contributed by atoms with Gasteiger partial charge in [0.25, 0.3) is 0 Å². The van der Waals surface area contributed by atoms with Crippen molar-refractivity contribution in [3.8, 4) is 11.8 Å². The summed E-state index contributed by atoms with van der Waals surface area (Å²) < 4.78 is 12.0. The number of allylic oxidation sites excluding steroid dienone is 1. The van der Waals surface area contributed by atoms with Gasteiger partial charge in [0.2, 0.25) is 0 Å². The summed E-state index contributed by atoms with van der Waals surface area (Å²) in [4.78, 5) is 14.2. The number of hydrogen-bond donors (Lipinski definition) is 0. The topological polar surface area (TPSA) is 62.6 Å². The Balaban J connectivity index is 1.56. The first-order valence-corrected chi connectivity index (χ1v) is 10.6. The van der Waals surface area contributed by atoms with Crippen LogP contribution in [0.1, 0.15) is 50.3 Å². The number of amides is 1. The van der Waals surface area contributed by atoms with Gasteiger partial charge in [0.05, 0.1) is 0 Å². The molecule has 4 rings (SSSR count). The van der Waals surface area contributed by atoms with Gasteiger partial charge in [-0.25, -0.2) is 4.79 Å². The smallest absolute Gasteiger partial charge is 0.410 e. The molecule has 0 N–H and O–H groups in total. The number of likely N-dealkylation sites (tertiary alicyclic amines) is 1. The van der Waals surface area contributed by atoms with E-state index in [-0.39, 0.29) is 6.09 Å². The van der Waals surface area contributed by atoms with E-state index in [0.29, 0.717) is 37.9 Å². The molecule has 2 aliphatic heterocycles. The van der Waals surface area contributed by atoms with Gasteiger partial charge >= 0.3 is 6.09 Å². The Hall–Kier alpha value is -3.44. The summed E-state index contributed by atoms with van der Waals surface area (Å²) in [6.07, 6.45) is 4.03. The molecule has 1 fully saturated rings. The Morgan fingerprint density at radius 2 is 1.94 bits per heavy atom. The number of para-hydroxylation sites is 1. The predicted molar refractivity (Wildman–Crippen MR) is 117 cm³/mol. The van der Waals surface area contributed by atoms with Crippen molar-refractivity contribution in [2.24, 2.45) is 0 Å². The molecule has 2 aromatic rings. The number of nitrogens with zero attached hydrogens (tertiary/aromatic N) is 2. The lowest BCUT2D eigenvalue weighted by atomic mass is 9.83. The van der Waals surface area contributed by atoms with Gasteiger partial charge in [0.15, 0.2) is 0 Å². The maximum absolute atomic E-state index is 12.5. The summed E-state index contributed by atoms with van der Waals surface area (Å²) >= 11 is 0. The minimum Gasteiger partial charge on any atom is -0.482 e. The first-order valence-electron chi connectivity index (χ1n) is 10.6. The van der Waals surface area contributed by atoms with E-state index >= 15 is 0 Å². The molecule has 2 aromatic carbocycles. The maximum atomic E-state index is 12.5. The van der Waals surface area contributed by atoms with Gasteiger partial charge in [-0.1, -0.05) is 30.3 Å². The quantitative estimate of drug-likeness (QED) is 0.698. The lowest BCUT2D eigenvalue weighted by Gasteiger charge is -2.43. The molecule has 2 heterocycles. The summed E-state index contributed by atoms with van der Waals surface area (Å²) in [5.74, 6) is 0.864. The van der Waals surface area contributed by atoms with Crippen LogP contribution in [0, 0.1) is 23.5 Å². The van der Waals surface area contributed by atoms with Gasteiger partial charge < -0.3 is 14.4 Å². The third-order valence-corrected chi connectivity index (χ3v) is 5.56. The summed E-state index contributed by atoms with van der Waals surface area (Å²) in [5.41, 5.74) is 2.74. The highest BCUT2D eigenvalue weighted by molar-refractivity contribution is 5.75. The first kappa shape index (κ1) is 20.8. The lowest BCUT2D eigenvalue weighted by molar-refractivity contribution is -0.00122. The number of rotatable bonds is 2. The van der Waals surface area contributed by atoms with Crippen molar-refractivity contribution in [1.82, 2.24) is 4.90 Å². The van der Waals surface area contributed by atoms with E-state index in [2.05, 4.69) is 30.3 Å². The first-order chi connectivity index (χ1) is 14.8. The van der Waals surface area contributed by atoms with Gasteiger partial charge in [0, 0.05) is 43.5 Å². The van der Waals surface area contributed by atoms with Crippen molar-refractivity contribution in [1.29, 1.82) is 5.26 Å². The highest BCUT2D eigenvalue weighted by atomic mass is 16.6. The minimum absolute atomic E-state index is 0.273. The molecule has 0 aromatic heterocycles. The second-order valence-corrected chi connectivity index (χ2v) is 9.11. The van der Waals surface area contributed by atoms with Crippen LogP contribution in [0.5, 0.6) is 5.75 Å². The summed E-state index contributed by atoms with van der Waals surface area (Å²) in [5, 5.41) is 9.00. The molecule has 0 radical (unpaired) electrons. The Labute approximate surface area is 183 Å². The monoisotopic (exact) mass is 414 g/mol. The highest BCUT2D eigenvalue weighted by Crippen LogP contribution is 2.42. The minimum atomic E-state index is -0.506. The Kier molecular flexibility index (Phi) is 5.38. The number of hydrogen-bond acceptors (Lipinski definition) is 4. The number of benzene rings is 1. The van der Waals surface area contributed by atoms with Crippen LogP contribution in [0.15, 0.2) is 42.5 Å². The van der Waals surface area contributed by atoms with E-state index < -0.39 is 11.2 Å². The molecule has 1 amide bonds. The van der Waals surface area contributed by atoms with Gasteiger partial charge in [-0.2, -0.15) is 5.26 Å². The molecule has 5 heteroatoms. The second-order valence-electron chi connectivity index (χ2n) is 9.11. The van der Waals surface area contributed by atoms with Crippen molar-refractivity contribution < 1.29 is 14.3 Å². The maximum Gasteiger partial charge on any atom is 0.410 e. The molecule has 2 aliphatic rings. The van der Waals surface area contributed by atoms with Crippen LogP contribution in [0.25, 0.3) is 5.57 Å². The number of piperidine rings is 1. The zero-order chi connectivity index (χ0) is 22.1. The fourth-order valence-corrected chi connectivity index (χ4v) is 4.04. The van der Waals surface area contributed by atoms with Crippen LogP contribution in [-0.2, 0) is 11.2 Å². The van der Waals surface area contributed by atoms with E-state index in [4.69, 9.17) is 14.7 Å². The van der Waals surface area contributed by atoms with Gasteiger partial charge in [-0.15, -0.1) is 0 Å². The molecule has 0 aliphatic carbocycles. The number of nitriles is 1. The normalized spacial score (nSPS) is 17.0. The Bertz CT molecular complexity index is 1030. The number of carbonyl (C=O) groups excluding carboxylic acids is 1. The molecule has 31 heavy (non-hydrogen) atoms. The van der Waals surface area contributed by atoms with Crippen LogP contribution in [0.3, 0.4) is 0 Å². The molecular formula is C26H26N2O3. The molecule has 0 bridgehead atoms. The summed E-state index contributed by atoms with van der Waals surface area (Å²) in [6, 6.07) is 19.8. The lowest BCUT2D eigenvalue weighted by Crippen LogP contribution is -2.50. The second kappa shape index (κ2) is 8.00. The molecule has 1 spiro atoms. The van der Waals surface area contributed by atoms with Crippen molar-refractivity contribution in [3.05, 3.63) is 71.3 Å². The fourth-order valence-electron chi connectivity index (χ4n) is 4.04. The average Bonchev–Trinajstić information content (AvgIpc) is 2.73. The number of fused-ring (bicyclic) bond motifs is 1. The third-order valence-electron chi connectivity index (χ3n) is 5.56. The van der Waals surface area contributed by atoms with Gasteiger partial charge in [-0.3, -0.25) is 0 Å². The third kappa shape index (κ3) is 4.67. The van der Waals surface area contributed by atoms with Crippen LogP contribution in [0.2, 0.25) is 0 Å². The SMILES string of the molecule is CC(C)(C)OC(=O)N1CCC2(C=C(Cc3c#cc(C#N)cc3)c3ccccc3O2)CC1. The Morgan fingerprint density at radius 3 is 2.58 bits per heavy atom. The number of carbonyl (C=O) groups is 1. The molecule has 0 unspecified atom stereocenters. The molecular weight excluding hydrogens is 388 g/mol.